The Morgan fingerprint density at radius 2 is 2.21 bits per heavy atom. The van der Waals surface area contributed by atoms with E-state index in [4.69, 9.17) is 0 Å². The summed E-state index contributed by atoms with van der Waals surface area (Å²) in [6, 6.07) is 7.58. The largest absolute Gasteiger partial charge is 0.349 e. The molecule has 3 rings (SSSR count). The minimum absolute atomic E-state index is 0.0400. The average Bonchev–Trinajstić information content (AvgIpc) is 2.35. The molecule has 1 heterocycles. The van der Waals surface area contributed by atoms with Gasteiger partial charge in [0.25, 0.3) is 5.91 Å². The standard InChI is InChI=1S/C15H15FN2O/c1-9-5-10-3-2-4-17-14(10)13(6-9)15(19)18-12-7-11(16)8-12/h2-6,11-12H,7-8H2,1H3,(H,18,19). The number of alkyl halides is 1. The van der Waals surface area contributed by atoms with Crippen LogP contribution in [0.5, 0.6) is 0 Å². The summed E-state index contributed by atoms with van der Waals surface area (Å²) < 4.78 is 12.8. The van der Waals surface area contributed by atoms with E-state index in [0.29, 0.717) is 23.9 Å². The van der Waals surface area contributed by atoms with Gasteiger partial charge in [-0.15, -0.1) is 0 Å². The Kier molecular flexibility index (Phi) is 2.93. The maximum absolute atomic E-state index is 12.8. The lowest BCUT2D eigenvalue weighted by atomic mass is 9.90. The highest BCUT2D eigenvalue weighted by atomic mass is 19.1. The van der Waals surface area contributed by atoms with Crippen molar-refractivity contribution in [1.29, 1.82) is 0 Å². The van der Waals surface area contributed by atoms with Crippen molar-refractivity contribution in [1.82, 2.24) is 10.3 Å². The molecule has 1 saturated carbocycles. The number of hydrogen-bond donors (Lipinski definition) is 1. The number of pyridine rings is 1. The third-order valence-electron chi connectivity index (χ3n) is 3.51. The number of carbonyl (C=O) groups is 1. The van der Waals surface area contributed by atoms with E-state index in [1.54, 1.807) is 6.20 Å². The number of hydrogen-bond acceptors (Lipinski definition) is 2. The van der Waals surface area contributed by atoms with Gasteiger partial charge in [-0.05, 0) is 43.5 Å². The highest BCUT2D eigenvalue weighted by Gasteiger charge is 2.30. The Bertz CT molecular complexity index is 635. The maximum Gasteiger partial charge on any atom is 0.253 e. The van der Waals surface area contributed by atoms with Crippen molar-refractivity contribution < 1.29 is 9.18 Å². The van der Waals surface area contributed by atoms with Gasteiger partial charge in [-0.1, -0.05) is 6.07 Å². The van der Waals surface area contributed by atoms with E-state index in [2.05, 4.69) is 10.3 Å². The van der Waals surface area contributed by atoms with Crippen LogP contribution in [-0.4, -0.2) is 23.1 Å². The monoisotopic (exact) mass is 258 g/mol. The molecule has 1 aliphatic rings. The normalized spacial score (nSPS) is 22.0. The molecule has 0 bridgehead atoms. The molecule has 1 fully saturated rings. The zero-order valence-corrected chi connectivity index (χ0v) is 10.7. The molecular formula is C15H15FN2O. The quantitative estimate of drug-likeness (QED) is 0.900. The summed E-state index contributed by atoms with van der Waals surface area (Å²) >= 11 is 0. The van der Waals surface area contributed by atoms with Crippen LogP contribution >= 0.6 is 0 Å². The van der Waals surface area contributed by atoms with Crippen LogP contribution in [0.15, 0.2) is 30.5 Å². The number of aromatic nitrogens is 1. The van der Waals surface area contributed by atoms with E-state index in [-0.39, 0.29) is 11.9 Å². The van der Waals surface area contributed by atoms with Gasteiger partial charge in [0.1, 0.15) is 6.17 Å². The van der Waals surface area contributed by atoms with Crippen LogP contribution < -0.4 is 5.32 Å². The van der Waals surface area contributed by atoms with Crippen LogP contribution in [0.2, 0.25) is 0 Å². The van der Waals surface area contributed by atoms with Crippen LogP contribution in [0, 0.1) is 6.92 Å². The molecule has 0 spiro atoms. The molecule has 1 N–H and O–H groups in total. The lowest BCUT2D eigenvalue weighted by Crippen LogP contribution is -2.45. The molecule has 0 aliphatic heterocycles. The fraction of sp³-hybridized carbons (Fsp3) is 0.333. The second kappa shape index (κ2) is 4.61. The zero-order chi connectivity index (χ0) is 13.4. The molecular weight excluding hydrogens is 243 g/mol. The van der Waals surface area contributed by atoms with Gasteiger partial charge < -0.3 is 5.32 Å². The molecule has 1 amide bonds. The van der Waals surface area contributed by atoms with Gasteiger partial charge in [-0.2, -0.15) is 0 Å². The minimum atomic E-state index is -0.766. The molecule has 4 heteroatoms. The molecule has 98 valence electrons. The topological polar surface area (TPSA) is 42.0 Å². The highest BCUT2D eigenvalue weighted by Crippen LogP contribution is 2.24. The maximum atomic E-state index is 12.8. The second-order valence-electron chi connectivity index (χ2n) is 5.13. The highest BCUT2D eigenvalue weighted by molar-refractivity contribution is 6.05. The van der Waals surface area contributed by atoms with Crippen molar-refractivity contribution in [3.8, 4) is 0 Å². The summed E-state index contributed by atoms with van der Waals surface area (Å²) in [5, 5.41) is 3.81. The Labute approximate surface area is 110 Å². The number of rotatable bonds is 2. The third kappa shape index (κ3) is 2.30. The first-order chi connectivity index (χ1) is 9.13. The second-order valence-corrected chi connectivity index (χ2v) is 5.13. The summed E-state index contributed by atoms with van der Waals surface area (Å²) in [7, 11) is 0. The lowest BCUT2D eigenvalue weighted by molar-refractivity contribution is 0.0862. The van der Waals surface area contributed by atoms with Gasteiger partial charge in [0.05, 0.1) is 11.1 Å². The van der Waals surface area contributed by atoms with Gasteiger partial charge >= 0.3 is 0 Å². The Morgan fingerprint density at radius 3 is 2.95 bits per heavy atom. The molecule has 0 saturated heterocycles. The van der Waals surface area contributed by atoms with E-state index in [9.17, 15) is 9.18 Å². The minimum Gasteiger partial charge on any atom is -0.349 e. The Morgan fingerprint density at radius 1 is 1.42 bits per heavy atom. The number of aryl methyl sites for hydroxylation is 1. The molecule has 2 aromatic rings. The first kappa shape index (κ1) is 12.1. The predicted octanol–water partition coefficient (Wildman–Crippen LogP) is 2.77. The number of nitrogens with one attached hydrogen (secondary N) is 1. The molecule has 0 radical (unpaired) electrons. The zero-order valence-electron chi connectivity index (χ0n) is 10.7. The van der Waals surface area contributed by atoms with E-state index >= 15 is 0 Å². The number of benzene rings is 1. The van der Waals surface area contributed by atoms with E-state index in [0.717, 1.165) is 10.9 Å². The Hall–Kier alpha value is -1.97. The smallest absolute Gasteiger partial charge is 0.253 e. The van der Waals surface area contributed by atoms with Crippen molar-refractivity contribution in [3.63, 3.8) is 0 Å². The number of halogens is 1. The van der Waals surface area contributed by atoms with Crippen LogP contribution in [0.4, 0.5) is 4.39 Å². The van der Waals surface area contributed by atoms with Crippen molar-refractivity contribution in [2.45, 2.75) is 32.0 Å². The van der Waals surface area contributed by atoms with Crippen LogP contribution in [0.25, 0.3) is 10.9 Å². The summed E-state index contributed by atoms with van der Waals surface area (Å²) in [6.07, 6.45) is 1.75. The Balaban J connectivity index is 1.92. The van der Waals surface area contributed by atoms with Crippen molar-refractivity contribution in [2.75, 3.05) is 0 Å². The first-order valence-electron chi connectivity index (χ1n) is 6.44. The molecule has 1 aliphatic carbocycles. The number of amides is 1. The molecule has 0 unspecified atom stereocenters. The number of nitrogens with zero attached hydrogens (tertiary/aromatic N) is 1. The summed E-state index contributed by atoms with van der Waals surface area (Å²) in [4.78, 5) is 16.5. The van der Waals surface area contributed by atoms with E-state index in [1.165, 1.54) is 0 Å². The van der Waals surface area contributed by atoms with Gasteiger partial charge in [0.15, 0.2) is 0 Å². The molecule has 1 aromatic carbocycles. The fourth-order valence-electron chi connectivity index (χ4n) is 2.44. The third-order valence-corrected chi connectivity index (χ3v) is 3.51. The van der Waals surface area contributed by atoms with Crippen LogP contribution in [-0.2, 0) is 0 Å². The summed E-state index contributed by atoms with van der Waals surface area (Å²) in [5.41, 5.74) is 2.28. The van der Waals surface area contributed by atoms with Gasteiger partial charge in [-0.25, -0.2) is 4.39 Å². The van der Waals surface area contributed by atoms with Crippen molar-refractivity contribution in [3.05, 3.63) is 41.6 Å². The van der Waals surface area contributed by atoms with Crippen molar-refractivity contribution >= 4 is 16.8 Å². The van der Waals surface area contributed by atoms with Crippen LogP contribution in [0.3, 0.4) is 0 Å². The SMILES string of the molecule is Cc1cc(C(=O)NC2CC(F)C2)c2ncccc2c1. The van der Waals surface area contributed by atoms with Gasteiger partial charge in [-0.3, -0.25) is 9.78 Å². The van der Waals surface area contributed by atoms with E-state index in [1.807, 2.05) is 31.2 Å². The predicted molar refractivity (Wildman–Crippen MR) is 71.9 cm³/mol. The lowest BCUT2D eigenvalue weighted by Gasteiger charge is -2.30. The fourth-order valence-corrected chi connectivity index (χ4v) is 2.44. The average molecular weight is 258 g/mol. The van der Waals surface area contributed by atoms with Gasteiger partial charge in [0, 0.05) is 17.6 Å². The molecule has 3 nitrogen and oxygen atoms in total. The summed E-state index contributed by atoms with van der Waals surface area (Å²) in [6.45, 7) is 1.95. The number of fused-ring (bicyclic) bond motifs is 1. The molecule has 19 heavy (non-hydrogen) atoms. The molecule has 1 aromatic heterocycles. The molecule has 0 atom stereocenters. The number of carbonyl (C=O) groups excluding carboxylic acids is 1. The van der Waals surface area contributed by atoms with E-state index < -0.39 is 6.17 Å². The van der Waals surface area contributed by atoms with Gasteiger partial charge in [0.2, 0.25) is 0 Å². The summed E-state index contributed by atoms with van der Waals surface area (Å²) in [5.74, 6) is -0.163. The first-order valence-corrected chi connectivity index (χ1v) is 6.44. The van der Waals surface area contributed by atoms with Crippen molar-refractivity contribution in [2.24, 2.45) is 0 Å². The van der Waals surface area contributed by atoms with Crippen LogP contribution in [0.1, 0.15) is 28.8 Å².